The number of hydrogen-bond acceptors (Lipinski definition) is 4. The van der Waals surface area contributed by atoms with Gasteiger partial charge >= 0.3 is 5.97 Å². The molecular formula is C18H12FNO3. The maximum Gasteiger partial charge on any atom is 0.349 e. The van der Waals surface area contributed by atoms with E-state index in [4.69, 9.17) is 10.00 Å². The predicted octanol–water partition coefficient (Wildman–Crippen LogP) is 3.16. The zero-order valence-corrected chi connectivity index (χ0v) is 12.0. The van der Waals surface area contributed by atoms with Gasteiger partial charge in [-0.1, -0.05) is 30.3 Å². The molecular weight excluding hydrogens is 297 g/mol. The smallest absolute Gasteiger partial charge is 0.349 e. The van der Waals surface area contributed by atoms with Gasteiger partial charge in [0, 0.05) is 5.56 Å². The fraction of sp³-hybridized carbons (Fsp3) is 0.0556. The summed E-state index contributed by atoms with van der Waals surface area (Å²) in [4.78, 5) is 23.7. The molecule has 114 valence electrons. The Morgan fingerprint density at radius 2 is 1.74 bits per heavy atom. The molecule has 0 aromatic heterocycles. The molecule has 0 amide bonds. The van der Waals surface area contributed by atoms with Crippen LogP contribution in [0.3, 0.4) is 0 Å². The van der Waals surface area contributed by atoms with E-state index in [1.54, 1.807) is 30.3 Å². The summed E-state index contributed by atoms with van der Waals surface area (Å²) in [6.07, 6.45) is 1.38. The molecule has 0 heterocycles. The molecule has 0 N–H and O–H groups in total. The van der Waals surface area contributed by atoms with E-state index in [1.807, 2.05) is 6.07 Å². The van der Waals surface area contributed by atoms with Gasteiger partial charge in [-0.15, -0.1) is 0 Å². The number of rotatable bonds is 5. The maximum absolute atomic E-state index is 12.8. The van der Waals surface area contributed by atoms with Crippen LogP contribution in [0.2, 0.25) is 0 Å². The van der Waals surface area contributed by atoms with E-state index in [-0.39, 0.29) is 11.1 Å². The topological polar surface area (TPSA) is 67.2 Å². The van der Waals surface area contributed by atoms with Gasteiger partial charge in [0.1, 0.15) is 17.5 Å². The summed E-state index contributed by atoms with van der Waals surface area (Å²) in [5.74, 6) is -1.82. The molecule has 5 heteroatoms. The van der Waals surface area contributed by atoms with Gasteiger partial charge in [-0.05, 0) is 35.9 Å². The summed E-state index contributed by atoms with van der Waals surface area (Å²) in [7, 11) is 0. The highest BCUT2D eigenvalue weighted by atomic mass is 19.1. The molecule has 0 radical (unpaired) electrons. The first-order valence-corrected chi connectivity index (χ1v) is 6.73. The van der Waals surface area contributed by atoms with Crippen LogP contribution in [0.5, 0.6) is 0 Å². The van der Waals surface area contributed by atoms with Gasteiger partial charge < -0.3 is 4.74 Å². The van der Waals surface area contributed by atoms with E-state index in [2.05, 4.69) is 0 Å². The number of hydrogen-bond donors (Lipinski definition) is 0. The van der Waals surface area contributed by atoms with Gasteiger partial charge in [-0.2, -0.15) is 5.26 Å². The van der Waals surface area contributed by atoms with Gasteiger partial charge in [0.15, 0.2) is 12.4 Å². The van der Waals surface area contributed by atoms with E-state index in [1.165, 1.54) is 18.2 Å². The van der Waals surface area contributed by atoms with Crippen LogP contribution in [0.15, 0.2) is 60.2 Å². The second-order valence-electron chi connectivity index (χ2n) is 4.59. The quantitative estimate of drug-likeness (QED) is 0.368. The van der Waals surface area contributed by atoms with Crippen LogP contribution >= 0.6 is 0 Å². The summed E-state index contributed by atoms with van der Waals surface area (Å²) < 4.78 is 17.6. The molecule has 0 fully saturated rings. The van der Waals surface area contributed by atoms with Crippen molar-refractivity contribution < 1.29 is 18.7 Å². The lowest BCUT2D eigenvalue weighted by Crippen LogP contribution is -2.15. The third-order valence-corrected chi connectivity index (χ3v) is 2.95. The van der Waals surface area contributed by atoms with Crippen LogP contribution in [0.4, 0.5) is 4.39 Å². The number of benzene rings is 2. The normalized spacial score (nSPS) is 10.7. The van der Waals surface area contributed by atoms with Crippen molar-refractivity contribution in [3.63, 3.8) is 0 Å². The minimum absolute atomic E-state index is 0.205. The van der Waals surface area contributed by atoms with Gasteiger partial charge in [-0.25, -0.2) is 9.18 Å². The van der Waals surface area contributed by atoms with Crippen LogP contribution < -0.4 is 0 Å². The second-order valence-corrected chi connectivity index (χ2v) is 4.59. The highest BCUT2D eigenvalue weighted by Gasteiger charge is 2.14. The van der Waals surface area contributed by atoms with Crippen LogP contribution in [0.25, 0.3) is 6.08 Å². The number of Topliss-reactive ketones (excluding diaryl/α,β-unsaturated/α-hetero) is 1. The van der Waals surface area contributed by atoms with Crippen molar-refractivity contribution in [3.05, 3.63) is 77.1 Å². The van der Waals surface area contributed by atoms with E-state index >= 15 is 0 Å². The first-order chi connectivity index (χ1) is 11.1. The van der Waals surface area contributed by atoms with Crippen molar-refractivity contribution in [2.75, 3.05) is 6.61 Å². The molecule has 23 heavy (non-hydrogen) atoms. The standard InChI is InChI=1S/C18H12FNO3/c19-16-8-6-14(7-9-16)17(21)12-23-18(22)15(11-20)10-13-4-2-1-3-5-13/h1-10H,12H2/b15-10-. The molecule has 0 aliphatic heterocycles. The first-order valence-electron chi connectivity index (χ1n) is 6.73. The first kappa shape index (κ1) is 16.1. The molecule has 0 spiro atoms. The Morgan fingerprint density at radius 1 is 1.09 bits per heavy atom. The number of esters is 1. The Hall–Kier alpha value is -3.26. The van der Waals surface area contributed by atoms with Crippen molar-refractivity contribution in [1.82, 2.24) is 0 Å². The Bertz CT molecular complexity index is 774. The number of carbonyl (C=O) groups is 2. The van der Waals surface area contributed by atoms with Crippen LogP contribution in [0.1, 0.15) is 15.9 Å². The average molecular weight is 309 g/mol. The highest BCUT2D eigenvalue weighted by Crippen LogP contribution is 2.09. The SMILES string of the molecule is N#C/C(=C/c1ccccc1)C(=O)OCC(=O)c1ccc(F)cc1. The van der Waals surface area contributed by atoms with E-state index in [0.717, 1.165) is 12.1 Å². The zero-order valence-electron chi connectivity index (χ0n) is 12.0. The molecule has 0 saturated heterocycles. The van der Waals surface area contributed by atoms with Gasteiger partial charge in [0.05, 0.1) is 0 Å². The molecule has 0 atom stereocenters. The monoisotopic (exact) mass is 309 g/mol. The molecule has 0 aliphatic rings. The van der Waals surface area contributed by atoms with Crippen molar-refractivity contribution >= 4 is 17.8 Å². The second kappa shape index (κ2) is 7.66. The fourth-order valence-corrected chi connectivity index (χ4v) is 1.78. The van der Waals surface area contributed by atoms with Gasteiger partial charge in [0.2, 0.25) is 0 Å². The van der Waals surface area contributed by atoms with E-state index in [9.17, 15) is 14.0 Å². The predicted molar refractivity (Wildman–Crippen MR) is 81.7 cm³/mol. The fourth-order valence-electron chi connectivity index (χ4n) is 1.78. The Labute approximate surface area is 132 Å². The number of ether oxygens (including phenoxy) is 1. The summed E-state index contributed by atoms with van der Waals surface area (Å²) in [5.41, 5.74) is 0.693. The highest BCUT2D eigenvalue weighted by molar-refractivity contribution is 6.01. The number of halogens is 1. The van der Waals surface area contributed by atoms with Crippen molar-refractivity contribution in [3.8, 4) is 6.07 Å². The third-order valence-electron chi connectivity index (χ3n) is 2.95. The van der Waals surface area contributed by atoms with Crippen molar-refractivity contribution in [2.45, 2.75) is 0 Å². The number of nitriles is 1. The molecule has 0 aliphatic carbocycles. The molecule has 0 unspecified atom stereocenters. The third kappa shape index (κ3) is 4.61. The number of carbonyl (C=O) groups excluding carboxylic acids is 2. The Morgan fingerprint density at radius 3 is 2.35 bits per heavy atom. The van der Waals surface area contributed by atoms with Gasteiger partial charge in [0.25, 0.3) is 0 Å². The molecule has 2 aromatic rings. The minimum atomic E-state index is -0.883. The lowest BCUT2D eigenvalue weighted by atomic mass is 10.1. The minimum Gasteiger partial charge on any atom is -0.453 e. The van der Waals surface area contributed by atoms with E-state index in [0.29, 0.717) is 5.56 Å². The Balaban J connectivity index is 2.00. The number of nitrogens with zero attached hydrogens (tertiary/aromatic N) is 1. The van der Waals surface area contributed by atoms with Gasteiger partial charge in [-0.3, -0.25) is 4.79 Å². The molecule has 4 nitrogen and oxygen atoms in total. The lowest BCUT2D eigenvalue weighted by Gasteiger charge is -2.04. The molecule has 2 rings (SSSR count). The van der Waals surface area contributed by atoms with E-state index < -0.39 is 24.2 Å². The largest absolute Gasteiger partial charge is 0.453 e. The van der Waals surface area contributed by atoms with Crippen LogP contribution in [0, 0.1) is 17.1 Å². The van der Waals surface area contributed by atoms with Crippen molar-refractivity contribution in [2.24, 2.45) is 0 Å². The lowest BCUT2D eigenvalue weighted by molar-refractivity contribution is -0.137. The average Bonchev–Trinajstić information content (AvgIpc) is 2.58. The van der Waals surface area contributed by atoms with Crippen LogP contribution in [-0.4, -0.2) is 18.4 Å². The maximum atomic E-state index is 12.8. The number of ketones is 1. The molecule has 0 bridgehead atoms. The summed E-state index contributed by atoms with van der Waals surface area (Å²) >= 11 is 0. The molecule has 0 saturated carbocycles. The summed E-state index contributed by atoms with van der Waals surface area (Å²) in [6.45, 7) is -0.516. The van der Waals surface area contributed by atoms with Crippen molar-refractivity contribution in [1.29, 1.82) is 5.26 Å². The molecule has 2 aromatic carbocycles. The Kier molecular flexibility index (Phi) is 5.37. The zero-order chi connectivity index (χ0) is 16.7. The van der Waals surface area contributed by atoms with Crippen LogP contribution in [-0.2, 0) is 9.53 Å². The summed E-state index contributed by atoms with van der Waals surface area (Å²) in [5, 5.41) is 9.02. The summed E-state index contributed by atoms with van der Waals surface area (Å²) in [6, 6.07) is 15.4.